The van der Waals surface area contributed by atoms with Gasteiger partial charge in [0.05, 0.1) is 17.6 Å². The Morgan fingerprint density at radius 2 is 2.18 bits per heavy atom. The van der Waals surface area contributed by atoms with Crippen molar-refractivity contribution in [3.63, 3.8) is 0 Å². The van der Waals surface area contributed by atoms with Crippen molar-refractivity contribution in [1.29, 1.82) is 0 Å². The van der Waals surface area contributed by atoms with Crippen LogP contribution in [0.3, 0.4) is 0 Å². The molecule has 1 aromatic carbocycles. The van der Waals surface area contributed by atoms with Gasteiger partial charge < -0.3 is 0 Å². The number of halogens is 3. The first-order valence-corrected chi connectivity index (χ1v) is 7.34. The van der Waals surface area contributed by atoms with E-state index >= 15 is 0 Å². The second kappa shape index (κ2) is 5.50. The van der Waals surface area contributed by atoms with Crippen molar-refractivity contribution < 1.29 is 0 Å². The molecule has 3 nitrogen and oxygen atoms in total. The lowest BCUT2D eigenvalue weighted by Crippen LogP contribution is -1.97. The lowest BCUT2D eigenvalue weighted by Gasteiger charge is -2.06. The highest BCUT2D eigenvalue weighted by Gasteiger charge is 2.08. The highest BCUT2D eigenvalue weighted by Crippen LogP contribution is 2.27. The van der Waals surface area contributed by atoms with Crippen LogP contribution in [0.5, 0.6) is 0 Å². The number of benzene rings is 1. The van der Waals surface area contributed by atoms with Gasteiger partial charge in [-0.3, -0.25) is 0 Å². The summed E-state index contributed by atoms with van der Waals surface area (Å²) >= 11 is 13.0. The summed E-state index contributed by atoms with van der Waals surface area (Å²) in [5.41, 5.74) is 2.88. The Morgan fingerprint density at radius 3 is 2.88 bits per heavy atom. The zero-order valence-corrected chi connectivity index (χ0v) is 13.0. The minimum atomic E-state index is 0.723. The maximum absolute atomic E-state index is 6.11. The number of aromatic nitrogens is 3. The molecule has 0 unspecified atom stereocenters. The smallest absolute Gasteiger partial charge is 0.0840 e. The van der Waals surface area contributed by atoms with Crippen LogP contribution < -0.4 is 0 Å². The molecule has 90 valence electrons. The number of nitrogens with zero attached hydrogens (tertiary/aromatic N) is 3. The van der Waals surface area contributed by atoms with E-state index in [9.17, 15) is 0 Å². The summed E-state index contributed by atoms with van der Waals surface area (Å²) in [4.78, 5) is 0. The summed E-state index contributed by atoms with van der Waals surface area (Å²) in [6, 6.07) is 3.86. The van der Waals surface area contributed by atoms with E-state index in [0.29, 0.717) is 0 Å². The Labute approximate surface area is 121 Å². The third-order valence-corrected chi connectivity index (χ3v) is 3.81. The zero-order chi connectivity index (χ0) is 12.4. The van der Waals surface area contributed by atoms with Gasteiger partial charge in [-0.05, 0) is 40.5 Å². The molecule has 0 saturated heterocycles. The normalized spacial score (nSPS) is 10.8. The van der Waals surface area contributed by atoms with Gasteiger partial charge in [-0.2, -0.15) is 0 Å². The van der Waals surface area contributed by atoms with Gasteiger partial charge in [-0.25, -0.2) is 4.68 Å². The van der Waals surface area contributed by atoms with Crippen LogP contribution in [-0.4, -0.2) is 20.3 Å². The van der Waals surface area contributed by atoms with Gasteiger partial charge >= 0.3 is 0 Å². The second-order valence-corrected chi connectivity index (χ2v) is 5.70. The SMILES string of the molecule is Cc1cc(Br)c(-n2cc(CCBr)nn2)cc1Cl. The standard InChI is InChI=1S/C11H10Br2ClN3/c1-7-4-9(13)11(5-10(7)14)17-6-8(2-3-12)15-16-17/h4-6H,2-3H2,1H3. The fourth-order valence-electron chi connectivity index (χ4n) is 1.44. The monoisotopic (exact) mass is 377 g/mol. The Bertz CT molecular complexity index is 540. The molecule has 0 atom stereocenters. The number of rotatable bonds is 3. The molecule has 0 amide bonds. The minimum Gasteiger partial charge on any atom is -0.219 e. The van der Waals surface area contributed by atoms with Gasteiger partial charge in [-0.15, -0.1) is 5.10 Å². The Kier molecular flexibility index (Phi) is 4.22. The molecular formula is C11H10Br2ClN3. The molecule has 0 N–H and O–H groups in total. The topological polar surface area (TPSA) is 30.7 Å². The highest BCUT2D eigenvalue weighted by atomic mass is 79.9. The first-order valence-electron chi connectivity index (χ1n) is 5.05. The van der Waals surface area contributed by atoms with E-state index < -0.39 is 0 Å². The molecule has 1 aromatic heterocycles. The molecule has 0 radical (unpaired) electrons. The van der Waals surface area contributed by atoms with Crippen molar-refractivity contribution in [2.45, 2.75) is 13.3 Å². The number of aryl methyl sites for hydroxylation is 2. The summed E-state index contributed by atoms with van der Waals surface area (Å²) in [7, 11) is 0. The third kappa shape index (κ3) is 2.89. The molecule has 0 saturated carbocycles. The summed E-state index contributed by atoms with van der Waals surface area (Å²) in [5.74, 6) is 0. The van der Waals surface area contributed by atoms with Crippen LogP contribution in [0.4, 0.5) is 0 Å². The predicted molar refractivity (Wildman–Crippen MR) is 76.3 cm³/mol. The minimum absolute atomic E-state index is 0.723. The van der Waals surface area contributed by atoms with Gasteiger partial charge in [0, 0.05) is 21.2 Å². The molecule has 17 heavy (non-hydrogen) atoms. The Morgan fingerprint density at radius 1 is 1.41 bits per heavy atom. The summed E-state index contributed by atoms with van der Waals surface area (Å²) in [6.45, 7) is 1.97. The van der Waals surface area contributed by atoms with E-state index in [1.807, 2.05) is 25.3 Å². The summed E-state index contributed by atoms with van der Waals surface area (Å²) in [5, 5.41) is 9.79. The molecular weight excluding hydrogens is 369 g/mol. The average molecular weight is 379 g/mol. The van der Waals surface area contributed by atoms with E-state index in [1.165, 1.54) is 0 Å². The van der Waals surface area contributed by atoms with Gasteiger partial charge in [0.2, 0.25) is 0 Å². The van der Waals surface area contributed by atoms with Crippen molar-refractivity contribution in [2.24, 2.45) is 0 Å². The van der Waals surface area contributed by atoms with E-state index in [0.717, 1.165) is 38.2 Å². The molecule has 0 bridgehead atoms. The molecule has 2 aromatic rings. The van der Waals surface area contributed by atoms with E-state index in [4.69, 9.17) is 11.6 Å². The molecule has 0 aliphatic carbocycles. The molecule has 0 fully saturated rings. The molecule has 1 heterocycles. The van der Waals surface area contributed by atoms with Crippen LogP contribution in [0, 0.1) is 6.92 Å². The van der Waals surface area contributed by atoms with E-state index in [2.05, 4.69) is 42.2 Å². The van der Waals surface area contributed by atoms with Crippen molar-refractivity contribution in [1.82, 2.24) is 15.0 Å². The van der Waals surface area contributed by atoms with Gasteiger partial charge in [0.25, 0.3) is 0 Å². The quantitative estimate of drug-likeness (QED) is 0.757. The number of hydrogen-bond donors (Lipinski definition) is 0. The summed E-state index contributed by atoms with van der Waals surface area (Å²) < 4.78 is 2.68. The van der Waals surface area contributed by atoms with Crippen molar-refractivity contribution in [2.75, 3.05) is 5.33 Å². The van der Waals surface area contributed by atoms with Crippen LogP contribution in [0.2, 0.25) is 5.02 Å². The van der Waals surface area contributed by atoms with E-state index in [-0.39, 0.29) is 0 Å². The number of alkyl halides is 1. The van der Waals surface area contributed by atoms with E-state index in [1.54, 1.807) is 4.68 Å². The van der Waals surface area contributed by atoms with Crippen molar-refractivity contribution in [3.05, 3.63) is 39.1 Å². The summed E-state index contributed by atoms with van der Waals surface area (Å²) in [6.07, 6.45) is 2.77. The third-order valence-electron chi connectivity index (χ3n) is 2.37. The first-order chi connectivity index (χ1) is 8.11. The number of hydrogen-bond acceptors (Lipinski definition) is 2. The maximum Gasteiger partial charge on any atom is 0.0840 e. The first kappa shape index (κ1) is 13.1. The lowest BCUT2D eigenvalue weighted by atomic mass is 10.2. The fraction of sp³-hybridized carbons (Fsp3) is 0.273. The molecule has 2 rings (SSSR count). The van der Waals surface area contributed by atoms with Crippen LogP contribution in [0.25, 0.3) is 5.69 Å². The lowest BCUT2D eigenvalue weighted by molar-refractivity contribution is 0.795. The maximum atomic E-state index is 6.11. The second-order valence-electron chi connectivity index (χ2n) is 3.65. The van der Waals surface area contributed by atoms with Crippen molar-refractivity contribution in [3.8, 4) is 5.69 Å². The molecule has 0 spiro atoms. The van der Waals surface area contributed by atoms with Crippen LogP contribution in [0.1, 0.15) is 11.3 Å². The largest absolute Gasteiger partial charge is 0.219 e. The van der Waals surface area contributed by atoms with Gasteiger partial charge in [0.15, 0.2) is 0 Å². The highest BCUT2D eigenvalue weighted by molar-refractivity contribution is 9.10. The van der Waals surface area contributed by atoms with Crippen LogP contribution in [-0.2, 0) is 6.42 Å². The van der Waals surface area contributed by atoms with Crippen LogP contribution >= 0.6 is 43.5 Å². The predicted octanol–water partition coefficient (Wildman–Crippen LogP) is 3.93. The fourth-order valence-corrected chi connectivity index (χ4v) is 2.64. The average Bonchev–Trinajstić information content (AvgIpc) is 2.72. The van der Waals surface area contributed by atoms with Gasteiger partial charge in [0.1, 0.15) is 0 Å². The van der Waals surface area contributed by atoms with Gasteiger partial charge in [-0.1, -0.05) is 32.7 Å². The van der Waals surface area contributed by atoms with Crippen LogP contribution in [0.15, 0.2) is 22.8 Å². The molecule has 6 heteroatoms. The van der Waals surface area contributed by atoms with Crippen molar-refractivity contribution >= 4 is 43.5 Å². The Hall–Kier alpha value is -0.390. The molecule has 0 aliphatic rings. The Balaban J connectivity index is 2.41. The molecule has 0 aliphatic heterocycles. The zero-order valence-electron chi connectivity index (χ0n) is 9.12.